The lowest BCUT2D eigenvalue weighted by molar-refractivity contribution is -0.134. The normalized spacial score (nSPS) is 14.8. The van der Waals surface area contributed by atoms with Crippen molar-refractivity contribution >= 4 is 11.9 Å². The van der Waals surface area contributed by atoms with Gasteiger partial charge >= 0.3 is 11.9 Å². The molecule has 1 aromatic carbocycles. The summed E-state index contributed by atoms with van der Waals surface area (Å²) in [5.74, 6) is -2.51. The van der Waals surface area contributed by atoms with Crippen molar-refractivity contribution in [1.82, 2.24) is 10.2 Å². The van der Waals surface area contributed by atoms with E-state index in [2.05, 4.69) is 41.4 Å². The molecule has 0 saturated carbocycles. The second-order valence-electron chi connectivity index (χ2n) is 6.38. The van der Waals surface area contributed by atoms with Crippen molar-refractivity contribution in [3.05, 3.63) is 47.5 Å². The fraction of sp³-hybridized carbons (Fsp3) is 0.500. The number of aryl methyl sites for hydroxylation is 1. The summed E-state index contributed by atoms with van der Waals surface area (Å²) in [4.78, 5) is 21.7. The van der Waals surface area contributed by atoms with Crippen LogP contribution in [0.15, 0.2) is 36.4 Å². The van der Waals surface area contributed by atoms with E-state index in [1.807, 2.05) is 0 Å². The molecule has 0 aliphatic carbocycles. The van der Waals surface area contributed by atoms with Crippen LogP contribution in [0.25, 0.3) is 0 Å². The molecule has 0 bridgehead atoms. The molecule has 0 aromatic heterocycles. The summed E-state index contributed by atoms with van der Waals surface area (Å²) in [5.41, 5.74) is 2.83. The van der Waals surface area contributed by atoms with Crippen LogP contribution in [0.2, 0.25) is 0 Å². The highest BCUT2D eigenvalue weighted by Crippen LogP contribution is 2.17. The largest absolute Gasteiger partial charge is 0.478 e. The monoisotopic (exact) mass is 378 g/mol. The predicted octanol–water partition coefficient (Wildman–Crippen LogP) is 1.91. The third kappa shape index (κ3) is 9.89. The first-order valence-electron chi connectivity index (χ1n) is 9.06. The molecule has 2 rings (SSSR count). The van der Waals surface area contributed by atoms with Gasteiger partial charge in [0.15, 0.2) is 0 Å². The van der Waals surface area contributed by atoms with Crippen molar-refractivity contribution in [2.24, 2.45) is 0 Å². The Labute approximate surface area is 160 Å². The molecule has 7 heteroatoms. The quantitative estimate of drug-likeness (QED) is 0.594. The summed E-state index contributed by atoms with van der Waals surface area (Å²) in [6.07, 6.45) is 3.61. The lowest BCUT2D eigenvalue weighted by Crippen LogP contribution is -2.44. The lowest BCUT2D eigenvalue weighted by Gasteiger charge is -2.35. The number of piperidine rings is 1. The summed E-state index contributed by atoms with van der Waals surface area (Å²) in [6.45, 7) is 7.36. The maximum Gasteiger partial charge on any atom is 0.328 e. The Hall–Kier alpha value is -2.22. The first-order chi connectivity index (χ1) is 12.9. The van der Waals surface area contributed by atoms with E-state index in [9.17, 15) is 9.59 Å². The van der Waals surface area contributed by atoms with Crippen LogP contribution in [-0.4, -0.2) is 66.4 Å². The number of hydrogen-bond donors (Lipinski definition) is 3. The average Bonchev–Trinajstić information content (AvgIpc) is 2.66. The summed E-state index contributed by atoms with van der Waals surface area (Å²) in [6, 6.07) is 9.39. The molecule has 27 heavy (non-hydrogen) atoms. The van der Waals surface area contributed by atoms with Crippen molar-refractivity contribution in [3.63, 3.8) is 0 Å². The van der Waals surface area contributed by atoms with E-state index < -0.39 is 11.9 Å². The summed E-state index contributed by atoms with van der Waals surface area (Å²) < 4.78 is 5.27. The van der Waals surface area contributed by atoms with E-state index in [1.54, 1.807) is 7.11 Å². The maximum atomic E-state index is 9.55. The molecule has 1 heterocycles. The van der Waals surface area contributed by atoms with Crippen LogP contribution in [0.1, 0.15) is 24.0 Å². The molecule has 1 aromatic rings. The van der Waals surface area contributed by atoms with Crippen LogP contribution in [0, 0.1) is 6.92 Å². The molecular formula is C20H30N2O5. The number of rotatable bonds is 8. The van der Waals surface area contributed by atoms with Gasteiger partial charge in [-0.1, -0.05) is 24.3 Å². The molecule has 0 atom stereocenters. The van der Waals surface area contributed by atoms with Crippen LogP contribution < -0.4 is 5.32 Å². The van der Waals surface area contributed by atoms with Gasteiger partial charge in [0.05, 0.1) is 6.61 Å². The van der Waals surface area contributed by atoms with Crippen molar-refractivity contribution in [3.8, 4) is 0 Å². The Morgan fingerprint density at radius 1 is 1.19 bits per heavy atom. The second-order valence-corrected chi connectivity index (χ2v) is 6.38. The van der Waals surface area contributed by atoms with E-state index in [1.165, 1.54) is 24.0 Å². The molecule has 7 nitrogen and oxygen atoms in total. The molecule has 1 saturated heterocycles. The number of aliphatic carboxylic acids is 2. The third-order valence-electron chi connectivity index (χ3n) is 4.41. The van der Waals surface area contributed by atoms with Gasteiger partial charge in [-0.2, -0.15) is 0 Å². The summed E-state index contributed by atoms with van der Waals surface area (Å²) >= 11 is 0. The molecule has 3 N–H and O–H groups in total. The third-order valence-corrected chi connectivity index (χ3v) is 4.41. The topological polar surface area (TPSA) is 99.1 Å². The lowest BCUT2D eigenvalue weighted by atomic mass is 10.0. The van der Waals surface area contributed by atoms with Crippen LogP contribution in [0.5, 0.6) is 0 Å². The molecule has 0 unspecified atom stereocenters. The van der Waals surface area contributed by atoms with E-state index in [0.717, 1.165) is 32.8 Å². The van der Waals surface area contributed by atoms with E-state index in [-0.39, 0.29) is 0 Å². The number of nitrogens with zero attached hydrogens (tertiary/aromatic N) is 1. The second kappa shape index (κ2) is 13.0. The van der Waals surface area contributed by atoms with Gasteiger partial charge in [-0.05, 0) is 44.0 Å². The molecule has 0 amide bonds. The van der Waals surface area contributed by atoms with Gasteiger partial charge in [-0.3, -0.25) is 4.90 Å². The van der Waals surface area contributed by atoms with Crippen LogP contribution in [-0.2, 0) is 20.9 Å². The molecule has 1 fully saturated rings. The Morgan fingerprint density at radius 2 is 1.78 bits per heavy atom. The Kier molecular flexibility index (Phi) is 11.0. The van der Waals surface area contributed by atoms with Gasteiger partial charge in [-0.15, -0.1) is 0 Å². The van der Waals surface area contributed by atoms with Crippen LogP contribution in [0.4, 0.5) is 0 Å². The maximum absolute atomic E-state index is 9.55. The molecule has 1 aliphatic heterocycles. The number of ether oxygens (including phenoxy) is 1. The van der Waals surface area contributed by atoms with E-state index >= 15 is 0 Å². The van der Waals surface area contributed by atoms with Crippen LogP contribution >= 0.6 is 0 Å². The molecule has 150 valence electrons. The van der Waals surface area contributed by atoms with Gasteiger partial charge < -0.3 is 20.3 Å². The number of nitrogens with one attached hydrogen (secondary N) is 1. The Balaban J connectivity index is 0.000000387. The van der Waals surface area contributed by atoms with Gasteiger partial charge in [0.1, 0.15) is 0 Å². The average molecular weight is 378 g/mol. The highest BCUT2D eigenvalue weighted by Gasteiger charge is 2.21. The van der Waals surface area contributed by atoms with Gasteiger partial charge in [-0.25, -0.2) is 9.59 Å². The summed E-state index contributed by atoms with van der Waals surface area (Å²) in [7, 11) is 1.79. The number of carboxylic acid groups (broad SMARTS) is 2. The zero-order valence-corrected chi connectivity index (χ0v) is 16.1. The van der Waals surface area contributed by atoms with Crippen LogP contribution in [0.3, 0.4) is 0 Å². The smallest absolute Gasteiger partial charge is 0.328 e. The minimum Gasteiger partial charge on any atom is -0.478 e. The van der Waals surface area contributed by atoms with Gasteiger partial charge in [0, 0.05) is 38.4 Å². The molecule has 0 spiro atoms. The van der Waals surface area contributed by atoms with Gasteiger partial charge in [0.2, 0.25) is 0 Å². The summed E-state index contributed by atoms with van der Waals surface area (Å²) in [5, 5.41) is 19.1. The highest BCUT2D eigenvalue weighted by molar-refractivity contribution is 5.89. The fourth-order valence-corrected chi connectivity index (χ4v) is 2.92. The zero-order valence-electron chi connectivity index (χ0n) is 16.1. The van der Waals surface area contributed by atoms with E-state index in [0.29, 0.717) is 18.2 Å². The SMILES string of the molecule is COCCN(Cc1ccccc1C)C1CCNCC1.O=C(O)/C=C/C(=O)O. The number of benzene rings is 1. The van der Waals surface area contributed by atoms with Crippen molar-refractivity contribution < 1.29 is 24.5 Å². The minimum atomic E-state index is -1.26. The fourth-order valence-electron chi connectivity index (χ4n) is 2.92. The number of carboxylic acids is 2. The first kappa shape index (κ1) is 22.8. The Morgan fingerprint density at radius 3 is 2.30 bits per heavy atom. The van der Waals surface area contributed by atoms with Crippen molar-refractivity contribution in [2.45, 2.75) is 32.4 Å². The predicted molar refractivity (Wildman–Crippen MR) is 104 cm³/mol. The van der Waals surface area contributed by atoms with Crippen molar-refractivity contribution in [2.75, 3.05) is 33.4 Å². The molecule has 1 aliphatic rings. The molecular weight excluding hydrogens is 348 g/mol. The first-order valence-corrected chi connectivity index (χ1v) is 9.06. The Bertz CT molecular complexity index is 596. The number of carbonyl (C=O) groups is 2. The minimum absolute atomic E-state index is 0.558. The standard InChI is InChI=1S/C16H26N2O.C4H4O4/c1-14-5-3-4-6-15(14)13-18(11-12-19-2)16-7-9-17-10-8-16;5-3(6)1-2-4(7)8/h3-6,16-17H,7-13H2,1-2H3;1-2H,(H,5,6)(H,7,8)/b;2-1+. The highest BCUT2D eigenvalue weighted by atomic mass is 16.5. The zero-order chi connectivity index (χ0) is 20.1. The number of methoxy groups -OCH3 is 1. The number of hydrogen-bond acceptors (Lipinski definition) is 5. The van der Waals surface area contributed by atoms with Crippen molar-refractivity contribution in [1.29, 1.82) is 0 Å². The molecule has 0 radical (unpaired) electrons. The van der Waals surface area contributed by atoms with Gasteiger partial charge in [0.25, 0.3) is 0 Å². The van der Waals surface area contributed by atoms with E-state index in [4.69, 9.17) is 14.9 Å².